The average molecular weight is 283 g/mol. The van der Waals surface area contributed by atoms with Crippen LogP contribution < -0.4 is 5.32 Å². The van der Waals surface area contributed by atoms with Crippen molar-refractivity contribution in [3.63, 3.8) is 0 Å². The highest BCUT2D eigenvalue weighted by atomic mass is 16.1. The summed E-state index contributed by atoms with van der Waals surface area (Å²) in [5.74, 6) is 0.455. The Kier molecular flexibility index (Phi) is 16.4. The van der Waals surface area contributed by atoms with Crippen molar-refractivity contribution in [2.75, 3.05) is 13.6 Å². The van der Waals surface area contributed by atoms with Crippen LogP contribution in [-0.4, -0.2) is 19.4 Å². The van der Waals surface area contributed by atoms with E-state index < -0.39 is 0 Å². The van der Waals surface area contributed by atoms with Crippen LogP contribution in [0.5, 0.6) is 0 Å². The number of hydrogen-bond acceptors (Lipinski definition) is 2. The van der Waals surface area contributed by atoms with Crippen LogP contribution in [0.15, 0.2) is 0 Å². The summed E-state index contributed by atoms with van der Waals surface area (Å²) in [5.41, 5.74) is 0. The number of hydrogen-bond donors (Lipinski definition) is 1. The Bertz CT molecular complexity index is 204. The molecular formula is C18H37NO. The SMILES string of the molecule is CCCCCCCCCCCCCC(=O)CCCNC. The predicted octanol–water partition coefficient (Wildman–Crippen LogP) is 5.26. The third-order valence-corrected chi connectivity index (χ3v) is 3.94. The van der Waals surface area contributed by atoms with Gasteiger partial charge in [0.1, 0.15) is 5.78 Å². The van der Waals surface area contributed by atoms with Crippen molar-refractivity contribution in [3.05, 3.63) is 0 Å². The van der Waals surface area contributed by atoms with Crippen LogP contribution in [0.3, 0.4) is 0 Å². The Morgan fingerprint density at radius 1 is 0.700 bits per heavy atom. The summed E-state index contributed by atoms with van der Waals surface area (Å²) >= 11 is 0. The van der Waals surface area contributed by atoms with Gasteiger partial charge in [0.15, 0.2) is 0 Å². The summed E-state index contributed by atoms with van der Waals surface area (Å²) in [7, 11) is 1.94. The van der Waals surface area contributed by atoms with E-state index in [2.05, 4.69) is 12.2 Å². The molecule has 20 heavy (non-hydrogen) atoms. The van der Waals surface area contributed by atoms with E-state index in [1.165, 1.54) is 64.2 Å². The van der Waals surface area contributed by atoms with Gasteiger partial charge in [-0.2, -0.15) is 0 Å². The Labute approximate surface area is 127 Å². The zero-order chi connectivity index (χ0) is 14.9. The molecule has 0 aromatic heterocycles. The summed E-state index contributed by atoms with van der Waals surface area (Å²) in [6.07, 6.45) is 17.4. The fourth-order valence-electron chi connectivity index (χ4n) is 2.57. The second-order valence-electron chi connectivity index (χ2n) is 6.03. The molecule has 0 atom stereocenters. The molecule has 0 amide bonds. The van der Waals surface area contributed by atoms with Gasteiger partial charge in [0.2, 0.25) is 0 Å². The molecule has 0 bridgehead atoms. The third-order valence-electron chi connectivity index (χ3n) is 3.94. The molecule has 0 aliphatic rings. The molecular weight excluding hydrogens is 246 g/mol. The van der Waals surface area contributed by atoms with Crippen molar-refractivity contribution in [3.8, 4) is 0 Å². The van der Waals surface area contributed by atoms with Crippen LogP contribution in [0.2, 0.25) is 0 Å². The highest BCUT2D eigenvalue weighted by Crippen LogP contribution is 2.12. The van der Waals surface area contributed by atoms with E-state index in [9.17, 15) is 4.79 Å². The number of unbranched alkanes of at least 4 members (excludes halogenated alkanes) is 10. The standard InChI is InChI=1S/C18H37NO/c1-3-4-5-6-7-8-9-10-11-12-13-15-18(20)16-14-17-19-2/h19H,3-17H2,1-2H3. The Hall–Kier alpha value is -0.370. The lowest BCUT2D eigenvalue weighted by molar-refractivity contribution is -0.119. The molecule has 0 unspecified atom stereocenters. The summed E-state index contributed by atoms with van der Waals surface area (Å²) in [5, 5.41) is 3.08. The molecule has 120 valence electrons. The first-order valence-electron chi connectivity index (χ1n) is 8.97. The molecule has 0 radical (unpaired) electrons. The summed E-state index contributed by atoms with van der Waals surface area (Å²) in [4.78, 5) is 11.6. The summed E-state index contributed by atoms with van der Waals surface area (Å²) in [6.45, 7) is 3.23. The van der Waals surface area contributed by atoms with E-state index in [0.29, 0.717) is 5.78 Å². The third kappa shape index (κ3) is 15.7. The molecule has 1 N–H and O–H groups in total. The van der Waals surface area contributed by atoms with Crippen molar-refractivity contribution < 1.29 is 4.79 Å². The Balaban J connectivity index is 3.07. The van der Waals surface area contributed by atoms with E-state index >= 15 is 0 Å². The molecule has 0 aromatic carbocycles. The van der Waals surface area contributed by atoms with Crippen molar-refractivity contribution in [2.45, 2.75) is 96.8 Å². The quantitative estimate of drug-likeness (QED) is 0.392. The molecule has 0 aliphatic heterocycles. The molecule has 0 saturated heterocycles. The zero-order valence-corrected chi connectivity index (χ0v) is 14.0. The first-order valence-corrected chi connectivity index (χ1v) is 8.97. The monoisotopic (exact) mass is 283 g/mol. The maximum Gasteiger partial charge on any atom is 0.132 e. The zero-order valence-electron chi connectivity index (χ0n) is 14.0. The van der Waals surface area contributed by atoms with Gasteiger partial charge in [0.25, 0.3) is 0 Å². The molecule has 2 nitrogen and oxygen atoms in total. The van der Waals surface area contributed by atoms with Crippen LogP contribution in [0.25, 0.3) is 0 Å². The molecule has 0 spiro atoms. The molecule has 0 fully saturated rings. The van der Waals surface area contributed by atoms with Gasteiger partial charge in [-0.25, -0.2) is 0 Å². The average Bonchev–Trinajstić information content (AvgIpc) is 2.45. The van der Waals surface area contributed by atoms with E-state index in [4.69, 9.17) is 0 Å². The van der Waals surface area contributed by atoms with Gasteiger partial charge in [0, 0.05) is 12.8 Å². The van der Waals surface area contributed by atoms with Crippen molar-refractivity contribution in [1.29, 1.82) is 0 Å². The van der Waals surface area contributed by atoms with Gasteiger partial charge >= 0.3 is 0 Å². The van der Waals surface area contributed by atoms with Crippen molar-refractivity contribution >= 4 is 5.78 Å². The Morgan fingerprint density at radius 3 is 1.65 bits per heavy atom. The molecule has 0 saturated carbocycles. The van der Waals surface area contributed by atoms with Gasteiger partial charge in [-0.05, 0) is 26.4 Å². The second-order valence-corrected chi connectivity index (χ2v) is 6.03. The largest absolute Gasteiger partial charge is 0.320 e. The molecule has 0 aromatic rings. The van der Waals surface area contributed by atoms with Crippen LogP contribution >= 0.6 is 0 Å². The van der Waals surface area contributed by atoms with Crippen molar-refractivity contribution in [1.82, 2.24) is 5.32 Å². The number of ketones is 1. The summed E-state index contributed by atoms with van der Waals surface area (Å²) < 4.78 is 0. The first-order chi connectivity index (χ1) is 9.81. The molecule has 0 heterocycles. The first kappa shape index (κ1) is 19.6. The van der Waals surface area contributed by atoms with E-state index in [1.807, 2.05) is 7.05 Å². The van der Waals surface area contributed by atoms with Crippen LogP contribution in [-0.2, 0) is 4.79 Å². The Morgan fingerprint density at radius 2 is 1.15 bits per heavy atom. The lowest BCUT2D eigenvalue weighted by Gasteiger charge is -2.03. The number of carbonyl (C=O) groups is 1. The van der Waals surface area contributed by atoms with Crippen LogP contribution in [0, 0.1) is 0 Å². The van der Waals surface area contributed by atoms with Gasteiger partial charge in [0.05, 0.1) is 0 Å². The second kappa shape index (κ2) is 16.7. The topological polar surface area (TPSA) is 29.1 Å². The van der Waals surface area contributed by atoms with Gasteiger partial charge in [-0.3, -0.25) is 4.79 Å². The van der Waals surface area contributed by atoms with Gasteiger partial charge in [-0.15, -0.1) is 0 Å². The van der Waals surface area contributed by atoms with E-state index in [0.717, 1.165) is 32.2 Å². The van der Waals surface area contributed by atoms with Crippen molar-refractivity contribution in [2.24, 2.45) is 0 Å². The highest BCUT2D eigenvalue weighted by molar-refractivity contribution is 5.78. The minimum absolute atomic E-state index is 0.455. The number of nitrogens with one attached hydrogen (secondary N) is 1. The molecule has 0 rings (SSSR count). The molecule has 2 heteroatoms. The van der Waals surface area contributed by atoms with Gasteiger partial charge in [-0.1, -0.05) is 71.1 Å². The fourth-order valence-corrected chi connectivity index (χ4v) is 2.57. The van der Waals surface area contributed by atoms with E-state index in [1.54, 1.807) is 0 Å². The number of carbonyl (C=O) groups excluding carboxylic acids is 1. The number of Topliss-reactive ketones (excluding diaryl/α,β-unsaturated/α-hetero) is 1. The normalized spacial score (nSPS) is 10.9. The highest BCUT2D eigenvalue weighted by Gasteiger charge is 2.01. The van der Waals surface area contributed by atoms with Crippen LogP contribution in [0.4, 0.5) is 0 Å². The minimum Gasteiger partial charge on any atom is -0.320 e. The fraction of sp³-hybridized carbons (Fsp3) is 0.944. The predicted molar refractivity (Wildman–Crippen MR) is 89.2 cm³/mol. The lowest BCUT2D eigenvalue weighted by Crippen LogP contribution is -2.09. The molecule has 0 aliphatic carbocycles. The lowest BCUT2D eigenvalue weighted by atomic mass is 10.0. The maximum atomic E-state index is 11.6. The smallest absolute Gasteiger partial charge is 0.132 e. The van der Waals surface area contributed by atoms with E-state index in [-0.39, 0.29) is 0 Å². The minimum atomic E-state index is 0.455. The van der Waals surface area contributed by atoms with Gasteiger partial charge < -0.3 is 5.32 Å². The number of rotatable bonds is 16. The summed E-state index contributed by atoms with van der Waals surface area (Å²) in [6, 6.07) is 0. The maximum absolute atomic E-state index is 11.6. The van der Waals surface area contributed by atoms with Crippen LogP contribution in [0.1, 0.15) is 96.8 Å².